The van der Waals surface area contributed by atoms with Crippen molar-refractivity contribution in [2.45, 2.75) is 32.4 Å². The van der Waals surface area contributed by atoms with E-state index >= 15 is 0 Å². The summed E-state index contributed by atoms with van der Waals surface area (Å²) in [4.78, 5) is 2.35. The van der Waals surface area contributed by atoms with Crippen LogP contribution in [0.4, 0.5) is 8.78 Å². The Bertz CT molecular complexity index is 469. The lowest BCUT2D eigenvalue weighted by molar-refractivity contribution is -0.0512. The summed E-state index contributed by atoms with van der Waals surface area (Å²) >= 11 is 0. The van der Waals surface area contributed by atoms with Gasteiger partial charge < -0.3 is 15.2 Å². The van der Waals surface area contributed by atoms with Crippen molar-refractivity contribution in [1.29, 1.82) is 0 Å². The molecule has 124 valence electrons. The summed E-state index contributed by atoms with van der Waals surface area (Å²) in [6.07, 6.45) is 3.41. The molecule has 0 amide bonds. The van der Waals surface area contributed by atoms with Crippen molar-refractivity contribution in [2.75, 3.05) is 26.7 Å². The average Bonchev–Trinajstić information content (AvgIpc) is 2.48. The van der Waals surface area contributed by atoms with Gasteiger partial charge in [0.15, 0.2) is 11.5 Å². The maximum atomic E-state index is 12.5. The number of halogens is 2. The number of rotatable bonds is 7. The summed E-state index contributed by atoms with van der Waals surface area (Å²) < 4.78 is 34.5. The van der Waals surface area contributed by atoms with Gasteiger partial charge in [-0.1, -0.05) is 6.07 Å². The highest BCUT2D eigenvalue weighted by molar-refractivity contribution is 5.43. The third kappa shape index (κ3) is 4.81. The second-order valence-corrected chi connectivity index (χ2v) is 5.68. The molecular formula is C16H24F2N2O2. The van der Waals surface area contributed by atoms with Gasteiger partial charge in [-0.25, -0.2) is 0 Å². The molecule has 0 spiro atoms. The van der Waals surface area contributed by atoms with E-state index in [2.05, 4.69) is 9.64 Å². The zero-order chi connectivity index (χ0) is 15.9. The normalized spacial score (nSPS) is 19.4. The van der Waals surface area contributed by atoms with Gasteiger partial charge in [0.05, 0.1) is 7.11 Å². The Morgan fingerprint density at radius 3 is 2.86 bits per heavy atom. The molecule has 2 rings (SSSR count). The van der Waals surface area contributed by atoms with Crippen molar-refractivity contribution in [3.8, 4) is 11.5 Å². The molecular weight excluding hydrogens is 290 g/mol. The number of hydrogen-bond donors (Lipinski definition) is 1. The Labute approximate surface area is 130 Å². The molecule has 0 bridgehead atoms. The highest BCUT2D eigenvalue weighted by Gasteiger charge is 2.20. The standard InChI is InChI=1S/C16H24F2N2O2/c1-21-14-5-4-13(9-15(14)22-16(17)18)11-20-8-2-3-12(10-20)6-7-19/h4-5,9,12,16H,2-3,6-8,10-11,19H2,1H3. The fourth-order valence-corrected chi connectivity index (χ4v) is 3.03. The molecule has 22 heavy (non-hydrogen) atoms. The fourth-order valence-electron chi connectivity index (χ4n) is 3.03. The Kier molecular flexibility index (Phi) is 6.39. The maximum absolute atomic E-state index is 12.5. The van der Waals surface area contributed by atoms with Crippen LogP contribution in [0.25, 0.3) is 0 Å². The number of likely N-dealkylation sites (tertiary alicyclic amines) is 1. The van der Waals surface area contributed by atoms with Gasteiger partial charge in [0.2, 0.25) is 0 Å². The summed E-state index contributed by atoms with van der Waals surface area (Å²) in [5, 5.41) is 0. The Morgan fingerprint density at radius 1 is 1.36 bits per heavy atom. The first-order chi connectivity index (χ1) is 10.6. The molecule has 1 aromatic carbocycles. The van der Waals surface area contributed by atoms with E-state index < -0.39 is 6.61 Å². The topological polar surface area (TPSA) is 47.7 Å². The second kappa shape index (κ2) is 8.29. The summed E-state index contributed by atoms with van der Waals surface area (Å²) in [5.41, 5.74) is 6.58. The first-order valence-corrected chi connectivity index (χ1v) is 7.66. The van der Waals surface area contributed by atoms with E-state index in [1.54, 1.807) is 12.1 Å². The van der Waals surface area contributed by atoms with E-state index in [4.69, 9.17) is 10.5 Å². The van der Waals surface area contributed by atoms with Gasteiger partial charge in [0.1, 0.15) is 0 Å². The van der Waals surface area contributed by atoms with E-state index in [1.807, 2.05) is 6.07 Å². The van der Waals surface area contributed by atoms with Crippen molar-refractivity contribution >= 4 is 0 Å². The van der Waals surface area contributed by atoms with E-state index in [-0.39, 0.29) is 5.75 Å². The first-order valence-electron chi connectivity index (χ1n) is 7.66. The summed E-state index contributed by atoms with van der Waals surface area (Å²) in [6.45, 7) is 0.623. The maximum Gasteiger partial charge on any atom is 0.387 e. The van der Waals surface area contributed by atoms with Gasteiger partial charge >= 0.3 is 6.61 Å². The van der Waals surface area contributed by atoms with Crippen LogP contribution < -0.4 is 15.2 Å². The van der Waals surface area contributed by atoms with Crippen LogP contribution in [0.5, 0.6) is 11.5 Å². The predicted octanol–water partition coefficient (Wildman–Crippen LogP) is 2.86. The molecule has 1 heterocycles. The molecule has 1 atom stereocenters. The van der Waals surface area contributed by atoms with E-state index in [0.29, 0.717) is 18.2 Å². The van der Waals surface area contributed by atoms with E-state index in [0.717, 1.165) is 38.0 Å². The summed E-state index contributed by atoms with van der Waals surface area (Å²) in [6, 6.07) is 5.20. The monoisotopic (exact) mass is 314 g/mol. The number of hydrogen-bond acceptors (Lipinski definition) is 4. The summed E-state index contributed by atoms with van der Waals surface area (Å²) in [7, 11) is 1.44. The zero-order valence-corrected chi connectivity index (χ0v) is 12.9. The number of nitrogens with two attached hydrogens (primary N) is 1. The van der Waals surface area contributed by atoms with Gasteiger partial charge in [-0.3, -0.25) is 4.90 Å². The van der Waals surface area contributed by atoms with Gasteiger partial charge in [-0.15, -0.1) is 0 Å². The minimum absolute atomic E-state index is 0.0884. The van der Waals surface area contributed by atoms with E-state index in [1.165, 1.54) is 13.5 Å². The number of benzene rings is 1. The van der Waals surface area contributed by atoms with Crippen molar-refractivity contribution < 1.29 is 18.3 Å². The van der Waals surface area contributed by atoms with Gasteiger partial charge in [-0.2, -0.15) is 8.78 Å². The van der Waals surface area contributed by atoms with Crippen molar-refractivity contribution in [2.24, 2.45) is 11.7 Å². The minimum atomic E-state index is -2.85. The van der Waals surface area contributed by atoms with Gasteiger partial charge in [-0.05, 0) is 56.0 Å². The lowest BCUT2D eigenvalue weighted by atomic mass is 9.94. The molecule has 0 aliphatic carbocycles. The van der Waals surface area contributed by atoms with Crippen LogP contribution in [0.1, 0.15) is 24.8 Å². The van der Waals surface area contributed by atoms with Crippen LogP contribution >= 0.6 is 0 Å². The molecule has 0 radical (unpaired) electrons. The molecule has 6 heteroatoms. The fraction of sp³-hybridized carbons (Fsp3) is 0.625. The van der Waals surface area contributed by atoms with Crippen molar-refractivity contribution in [3.05, 3.63) is 23.8 Å². The number of ether oxygens (including phenoxy) is 2. The van der Waals surface area contributed by atoms with Crippen LogP contribution in [0.15, 0.2) is 18.2 Å². The second-order valence-electron chi connectivity index (χ2n) is 5.68. The molecule has 4 nitrogen and oxygen atoms in total. The van der Waals surface area contributed by atoms with Crippen LogP contribution in [0, 0.1) is 5.92 Å². The molecule has 1 aliphatic heterocycles. The average molecular weight is 314 g/mol. The SMILES string of the molecule is COc1ccc(CN2CCCC(CCN)C2)cc1OC(F)F. The zero-order valence-electron chi connectivity index (χ0n) is 12.9. The molecule has 1 aromatic rings. The molecule has 0 saturated carbocycles. The molecule has 1 aliphatic rings. The van der Waals surface area contributed by atoms with Crippen molar-refractivity contribution in [1.82, 2.24) is 4.90 Å². The minimum Gasteiger partial charge on any atom is -0.493 e. The Morgan fingerprint density at radius 2 is 2.18 bits per heavy atom. The predicted molar refractivity (Wildman–Crippen MR) is 81.3 cm³/mol. The van der Waals surface area contributed by atoms with Crippen LogP contribution in [0.2, 0.25) is 0 Å². The first kappa shape index (κ1) is 17.0. The van der Waals surface area contributed by atoms with Crippen LogP contribution in [-0.4, -0.2) is 38.3 Å². The molecule has 1 saturated heterocycles. The highest BCUT2D eigenvalue weighted by Crippen LogP contribution is 2.30. The number of alkyl halides is 2. The number of methoxy groups -OCH3 is 1. The van der Waals surface area contributed by atoms with Gasteiger partial charge in [0, 0.05) is 13.1 Å². The van der Waals surface area contributed by atoms with Crippen LogP contribution in [0.3, 0.4) is 0 Å². The third-order valence-corrected chi connectivity index (χ3v) is 4.03. The molecule has 1 unspecified atom stereocenters. The quantitative estimate of drug-likeness (QED) is 0.841. The number of nitrogens with zero attached hydrogens (tertiary/aromatic N) is 1. The Balaban J connectivity index is 2.02. The number of piperidine rings is 1. The van der Waals surface area contributed by atoms with E-state index in [9.17, 15) is 8.78 Å². The third-order valence-electron chi connectivity index (χ3n) is 4.03. The Hall–Kier alpha value is -1.40. The summed E-state index contributed by atoms with van der Waals surface area (Å²) in [5.74, 6) is 1.04. The lowest BCUT2D eigenvalue weighted by Crippen LogP contribution is -2.35. The van der Waals surface area contributed by atoms with Gasteiger partial charge in [0.25, 0.3) is 0 Å². The molecule has 0 aromatic heterocycles. The van der Waals surface area contributed by atoms with Crippen LogP contribution in [-0.2, 0) is 6.54 Å². The highest BCUT2D eigenvalue weighted by atomic mass is 19.3. The lowest BCUT2D eigenvalue weighted by Gasteiger charge is -2.32. The van der Waals surface area contributed by atoms with Crippen molar-refractivity contribution in [3.63, 3.8) is 0 Å². The smallest absolute Gasteiger partial charge is 0.387 e. The molecule has 2 N–H and O–H groups in total. The molecule has 1 fully saturated rings. The largest absolute Gasteiger partial charge is 0.493 e.